The fourth-order valence-electron chi connectivity index (χ4n) is 1.07. The minimum atomic E-state index is -2.55. The SMILES string of the molecule is CCC(CNC(=O)CCOCC(F)F)C(=O)O. The van der Waals surface area contributed by atoms with E-state index < -0.39 is 30.8 Å². The first kappa shape index (κ1) is 15.8. The highest BCUT2D eigenvalue weighted by atomic mass is 19.3. The van der Waals surface area contributed by atoms with Gasteiger partial charge in [0, 0.05) is 13.0 Å². The zero-order valence-electron chi connectivity index (χ0n) is 9.62. The van der Waals surface area contributed by atoms with Gasteiger partial charge in [0.15, 0.2) is 0 Å². The van der Waals surface area contributed by atoms with Gasteiger partial charge in [0.1, 0.15) is 6.61 Å². The molecule has 0 heterocycles. The summed E-state index contributed by atoms with van der Waals surface area (Å²) in [6, 6.07) is 0. The van der Waals surface area contributed by atoms with Gasteiger partial charge in [-0.05, 0) is 6.42 Å². The van der Waals surface area contributed by atoms with Crippen LogP contribution in [0.1, 0.15) is 19.8 Å². The molecule has 0 saturated heterocycles. The average Bonchev–Trinajstić information content (AvgIpc) is 2.24. The number of carbonyl (C=O) groups is 2. The molecule has 2 N–H and O–H groups in total. The van der Waals surface area contributed by atoms with Crippen LogP contribution in [0, 0.1) is 5.92 Å². The lowest BCUT2D eigenvalue weighted by molar-refractivity contribution is -0.141. The molecule has 5 nitrogen and oxygen atoms in total. The highest BCUT2D eigenvalue weighted by Crippen LogP contribution is 2.00. The van der Waals surface area contributed by atoms with Gasteiger partial charge in [-0.25, -0.2) is 8.78 Å². The van der Waals surface area contributed by atoms with Gasteiger partial charge in [0.05, 0.1) is 12.5 Å². The molecular formula is C10H17F2NO4. The zero-order chi connectivity index (χ0) is 13.3. The zero-order valence-corrected chi connectivity index (χ0v) is 9.62. The number of alkyl halides is 2. The van der Waals surface area contributed by atoms with Gasteiger partial charge in [0.2, 0.25) is 5.91 Å². The molecule has 100 valence electrons. The Kier molecular flexibility index (Phi) is 8.21. The van der Waals surface area contributed by atoms with E-state index in [0.717, 1.165) is 0 Å². The third kappa shape index (κ3) is 8.56. The number of ether oxygens (including phenoxy) is 1. The van der Waals surface area contributed by atoms with Crippen LogP contribution >= 0.6 is 0 Å². The first-order valence-electron chi connectivity index (χ1n) is 5.32. The van der Waals surface area contributed by atoms with Gasteiger partial charge < -0.3 is 15.2 Å². The van der Waals surface area contributed by atoms with E-state index in [-0.39, 0.29) is 19.6 Å². The quantitative estimate of drug-likeness (QED) is 0.598. The lowest BCUT2D eigenvalue weighted by Gasteiger charge is -2.11. The predicted molar refractivity (Wildman–Crippen MR) is 55.9 cm³/mol. The maximum absolute atomic E-state index is 11.7. The maximum atomic E-state index is 11.7. The fourth-order valence-corrected chi connectivity index (χ4v) is 1.07. The first-order chi connectivity index (χ1) is 7.97. The summed E-state index contributed by atoms with van der Waals surface area (Å²) in [4.78, 5) is 21.8. The Balaban J connectivity index is 3.62. The first-order valence-corrected chi connectivity index (χ1v) is 5.32. The molecule has 0 aromatic heterocycles. The number of hydrogen-bond donors (Lipinski definition) is 2. The number of carboxylic acid groups (broad SMARTS) is 1. The topological polar surface area (TPSA) is 75.6 Å². The number of carbonyl (C=O) groups excluding carboxylic acids is 1. The Labute approximate surface area is 98.1 Å². The summed E-state index contributed by atoms with van der Waals surface area (Å²) < 4.78 is 27.8. The van der Waals surface area contributed by atoms with Crippen LogP contribution in [0.2, 0.25) is 0 Å². The molecule has 1 atom stereocenters. The monoisotopic (exact) mass is 253 g/mol. The third-order valence-electron chi connectivity index (χ3n) is 2.10. The van der Waals surface area contributed by atoms with Gasteiger partial charge in [-0.2, -0.15) is 0 Å². The Hall–Kier alpha value is -1.24. The molecule has 0 saturated carbocycles. The van der Waals surface area contributed by atoms with Crippen LogP contribution < -0.4 is 5.32 Å². The highest BCUT2D eigenvalue weighted by molar-refractivity contribution is 5.77. The van der Waals surface area contributed by atoms with Gasteiger partial charge in [-0.1, -0.05) is 6.92 Å². The molecule has 7 heteroatoms. The van der Waals surface area contributed by atoms with Crippen molar-refractivity contribution in [3.63, 3.8) is 0 Å². The second-order valence-corrected chi connectivity index (χ2v) is 3.46. The summed E-state index contributed by atoms with van der Waals surface area (Å²) in [6.07, 6.45) is -2.19. The normalized spacial score (nSPS) is 12.5. The Morgan fingerprint density at radius 1 is 1.41 bits per heavy atom. The van der Waals surface area contributed by atoms with Crippen molar-refractivity contribution in [2.75, 3.05) is 19.8 Å². The Morgan fingerprint density at radius 2 is 2.06 bits per heavy atom. The van der Waals surface area contributed by atoms with Crippen molar-refractivity contribution in [1.29, 1.82) is 0 Å². The molecule has 0 fully saturated rings. The summed E-state index contributed by atoms with van der Waals surface area (Å²) in [7, 11) is 0. The van der Waals surface area contributed by atoms with Crippen LogP contribution in [0.5, 0.6) is 0 Å². The second-order valence-electron chi connectivity index (χ2n) is 3.46. The van der Waals surface area contributed by atoms with Crippen molar-refractivity contribution in [2.45, 2.75) is 26.2 Å². The number of aliphatic carboxylic acids is 1. The average molecular weight is 253 g/mol. The molecule has 0 aliphatic carbocycles. The summed E-state index contributed by atoms with van der Waals surface area (Å²) >= 11 is 0. The molecule has 0 spiro atoms. The number of nitrogens with one attached hydrogen (secondary N) is 1. The van der Waals surface area contributed by atoms with Gasteiger partial charge >= 0.3 is 5.97 Å². The molecule has 0 aliphatic rings. The number of hydrogen-bond acceptors (Lipinski definition) is 3. The number of carboxylic acids is 1. The smallest absolute Gasteiger partial charge is 0.308 e. The second kappa shape index (κ2) is 8.86. The summed E-state index contributed by atoms with van der Waals surface area (Å²) in [5, 5.41) is 11.1. The molecular weight excluding hydrogens is 236 g/mol. The Bertz CT molecular complexity index is 248. The van der Waals surface area contributed by atoms with Gasteiger partial charge in [-0.3, -0.25) is 9.59 Å². The lowest BCUT2D eigenvalue weighted by Crippen LogP contribution is -2.33. The Morgan fingerprint density at radius 3 is 2.53 bits per heavy atom. The van der Waals surface area contributed by atoms with Crippen molar-refractivity contribution < 1.29 is 28.2 Å². The maximum Gasteiger partial charge on any atom is 0.308 e. The largest absolute Gasteiger partial charge is 0.481 e. The third-order valence-corrected chi connectivity index (χ3v) is 2.10. The van der Waals surface area contributed by atoms with Crippen molar-refractivity contribution in [3.05, 3.63) is 0 Å². The van der Waals surface area contributed by atoms with Crippen LogP contribution in [0.3, 0.4) is 0 Å². The van der Waals surface area contributed by atoms with Crippen molar-refractivity contribution >= 4 is 11.9 Å². The van der Waals surface area contributed by atoms with Crippen LogP contribution in [-0.2, 0) is 14.3 Å². The fraction of sp³-hybridized carbons (Fsp3) is 0.800. The van der Waals surface area contributed by atoms with E-state index in [1.165, 1.54) is 0 Å². The van der Waals surface area contributed by atoms with E-state index in [2.05, 4.69) is 10.1 Å². The summed E-state index contributed by atoms with van der Waals surface area (Å²) in [5.74, 6) is -2.00. The van der Waals surface area contributed by atoms with Gasteiger partial charge in [0.25, 0.3) is 6.43 Å². The van der Waals surface area contributed by atoms with Crippen LogP contribution in [0.25, 0.3) is 0 Å². The molecule has 0 radical (unpaired) electrons. The van der Waals surface area contributed by atoms with E-state index in [1.807, 2.05) is 0 Å². The molecule has 0 aromatic carbocycles. The van der Waals surface area contributed by atoms with E-state index in [1.54, 1.807) is 6.92 Å². The summed E-state index contributed by atoms with van der Waals surface area (Å²) in [6.45, 7) is 0.955. The standard InChI is InChI=1S/C10H17F2NO4/c1-2-7(10(15)16)5-13-9(14)3-4-17-6-8(11)12/h7-8H,2-6H2,1H3,(H,13,14)(H,15,16). The molecule has 0 aliphatic heterocycles. The number of amides is 1. The van der Waals surface area contributed by atoms with Crippen molar-refractivity contribution in [3.8, 4) is 0 Å². The molecule has 1 unspecified atom stereocenters. The van der Waals surface area contributed by atoms with Gasteiger partial charge in [-0.15, -0.1) is 0 Å². The van der Waals surface area contributed by atoms with Crippen LogP contribution in [0.15, 0.2) is 0 Å². The van der Waals surface area contributed by atoms with E-state index >= 15 is 0 Å². The highest BCUT2D eigenvalue weighted by Gasteiger charge is 2.15. The van der Waals surface area contributed by atoms with Crippen molar-refractivity contribution in [1.82, 2.24) is 5.32 Å². The van der Waals surface area contributed by atoms with E-state index in [4.69, 9.17) is 5.11 Å². The van der Waals surface area contributed by atoms with E-state index in [9.17, 15) is 18.4 Å². The van der Waals surface area contributed by atoms with Crippen LogP contribution in [-0.4, -0.2) is 43.2 Å². The minimum Gasteiger partial charge on any atom is -0.481 e. The molecule has 0 bridgehead atoms. The molecule has 0 aromatic rings. The number of rotatable bonds is 9. The van der Waals surface area contributed by atoms with E-state index in [0.29, 0.717) is 6.42 Å². The number of halogens is 2. The lowest BCUT2D eigenvalue weighted by atomic mass is 10.1. The molecule has 0 rings (SSSR count). The predicted octanol–water partition coefficient (Wildman–Crippen LogP) is 0.885. The minimum absolute atomic E-state index is 0.0412. The summed E-state index contributed by atoms with van der Waals surface area (Å²) in [5.41, 5.74) is 0. The van der Waals surface area contributed by atoms with Crippen molar-refractivity contribution in [2.24, 2.45) is 5.92 Å². The molecule has 17 heavy (non-hydrogen) atoms. The van der Waals surface area contributed by atoms with Crippen LogP contribution in [0.4, 0.5) is 8.78 Å². The molecule has 1 amide bonds.